The van der Waals surface area contributed by atoms with Crippen LogP contribution in [0.15, 0.2) is 42.6 Å². The van der Waals surface area contributed by atoms with Gasteiger partial charge in [-0.15, -0.1) is 0 Å². The predicted molar refractivity (Wildman–Crippen MR) is 98.1 cm³/mol. The SMILES string of the molecule is CC(Nc1ccc(C(=O)NCC2CNC2)cc1[N+](=O)[O-])c1ccccn1. The number of nitro benzene ring substituents is 1. The summed E-state index contributed by atoms with van der Waals surface area (Å²) in [6, 6.07) is 9.78. The molecule has 3 N–H and O–H groups in total. The van der Waals surface area contributed by atoms with E-state index in [0.717, 1.165) is 18.8 Å². The van der Waals surface area contributed by atoms with Crippen molar-refractivity contribution < 1.29 is 9.72 Å². The Hall–Kier alpha value is -3.00. The summed E-state index contributed by atoms with van der Waals surface area (Å²) in [6.07, 6.45) is 1.67. The quantitative estimate of drug-likeness (QED) is 0.518. The average Bonchev–Trinajstić information content (AvgIpc) is 2.61. The monoisotopic (exact) mass is 355 g/mol. The van der Waals surface area contributed by atoms with E-state index in [0.29, 0.717) is 18.2 Å². The topological polar surface area (TPSA) is 109 Å². The number of nitrogens with one attached hydrogen (secondary N) is 3. The van der Waals surface area contributed by atoms with Gasteiger partial charge in [-0.1, -0.05) is 6.07 Å². The summed E-state index contributed by atoms with van der Waals surface area (Å²) in [6.45, 7) is 4.21. The first-order valence-electron chi connectivity index (χ1n) is 8.49. The first-order valence-corrected chi connectivity index (χ1v) is 8.49. The Morgan fingerprint density at radius 1 is 1.38 bits per heavy atom. The minimum atomic E-state index is -0.486. The third-order valence-corrected chi connectivity index (χ3v) is 4.38. The molecule has 26 heavy (non-hydrogen) atoms. The number of rotatable bonds is 7. The van der Waals surface area contributed by atoms with Crippen LogP contribution in [-0.2, 0) is 0 Å². The van der Waals surface area contributed by atoms with Gasteiger partial charge < -0.3 is 16.0 Å². The number of nitrogens with zero attached hydrogens (tertiary/aromatic N) is 2. The van der Waals surface area contributed by atoms with Gasteiger partial charge in [-0.2, -0.15) is 0 Å². The van der Waals surface area contributed by atoms with Gasteiger partial charge in [-0.05, 0) is 31.2 Å². The molecule has 1 saturated heterocycles. The van der Waals surface area contributed by atoms with Gasteiger partial charge in [-0.25, -0.2) is 0 Å². The highest BCUT2D eigenvalue weighted by molar-refractivity contribution is 5.95. The standard InChI is InChI=1S/C18H21N5O3/c1-12(15-4-2-3-7-20-15)22-16-6-5-14(8-17(16)23(25)26)18(24)21-11-13-9-19-10-13/h2-8,12-13,19,22H,9-11H2,1H3,(H,21,24). The van der Waals surface area contributed by atoms with Crippen LogP contribution in [0.5, 0.6) is 0 Å². The highest BCUT2D eigenvalue weighted by Gasteiger charge is 2.21. The Kier molecular flexibility index (Phi) is 5.43. The molecule has 1 fully saturated rings. The van der Waals surface area contributed by atoms with Crippen LogP contribution in [0.3, 0.4) is 0 Å². The number of carbonyl (C=O) groups excluding carboxylic acids is 1. The molecule has 8 nitrogen and oxygen atoms in total. The van der Waals surface area contributed by atoms with E-state index in [9.17, 15) is 14.9 Å². The molecule has 3 rings (SSSR count). The summed E-state index contributed by atoms with van der Waals surface area (Å²) in [5.41, 5.74) is 1.27. The molecule has 1 amide bonds. The first-order chi connectivity index (χ1) is 12.5. The summed E-state index contributed by atoms with van der Waals surface area (Å²) < 4.78 is 0. The third kappa shape index (κ3) is 4.15. The third-order valence-electron chi connectivity index (χ3n) is 4.38. The van der Waals surface area contributed by atoms with Crippen LogP contribution < -0.4 is 16.0 Å². The van der Waals surface area contributed by atoms with Crippen LogP contribution in [0.4, 0.5) is 11.4 Å². The largest absolute Gasteiger partial charge is 0.371 e. The Morgan fingerprint density at radius 3 is 2.81 bits per heavy atom. The smallest absolute Gasteiger partial charge is 0.293 e. The number of carbonyl (C=O) groups is 1. The predicted octanol–water partition coefficient (Wildman–Crippen LogP) is 2.11. The second-order valence-corrected chi connectivity index (χ2v) is 6.34. The summed E-state index contributed by atoms with van der Waals surface area (Å²) in [5.74, 6) is 0.124. The Balaban J connectivity index is 1.73. The molecule has 1 aromatic carbocycles. The summed E-state index contributed by atoms with van der Waals surface area (Å²) in [5, 5.41) is 20.5. The Morgan fingerprint density at radius 2 is 2.19 bits per heavy atom. The highest BCUT2D eigenvalue weighted by Crippen LogP contribution is 2.28. The zero-order valence-corrected chi connectivity index (χ0v) is 14.4. The second kappa shape index (κ2) is 7.92. The fraction of sp³-hybridized carbons (Fsp3) is 0.333. The van der Waals surface area contributed by atoms with Crippen LogP contribution >= 0.6 is 0 Å². The van der Waals surface area contributed by atoms with Crippen molar-refractivity contribution in [2.24, 2.45) is 5.92 Å². The fourth-order valence-electron chi connectivity index (χ4n) is 2.72. The molecular weight excluding hydrogens is 334 g/mol. The van der Waals surface area contributed by atoms with E-state index in [4.69, 9.17) is 0 Å². The number of amides is 1. The highest BCUT2D eigenvalue weighted by atomic mass is 16.6. The van der Waals surface area contributed by atoms with E-state index in [1.807, 2.05) is 25.1 Å². The van der Waals surface area contributed by atoms with Crippen molar-refractivity contribution >= 4 is 17.3 Å². The van der Waals surface area contributed by atoms with E-state index < -0.39 is 4.92 Å². The average molecular weight is 355 g/mol. The van der Waals surface area contributed by atoms with E-state index in [2.05, 4.69) is 20.9 Å². The van der Waals surface area contributed by atoms with Gasteiger partial charge in [0, 0.05) is 43.4 Å². The lowest BCUT2D eigenvalue weighted by atomic mass is 10.0. The molecule has 1 atom stereocenters. The number of hydrogen-bond donors (Lipinski definition) is 3. The molecule has 0 aliphatic carbocycles. The molecule has 1 aliphatic heterocycles. The lowest BCUT2D eigenvalue weighted by Gasteiger charge is -2.27. The van der Waals surface area contributed by atoms with Crippen LogP contribution in [0, 0.1) is 16.0 Å². The lowest BCUT2D eigenvalue weighted by Crippen LogP contribution is -2.48. The zero-order valence-electron chi connectivity index (χ0n) is 14.4. The minimum Gasteiger partial charge on any atom is -0.371 e. The second-order valence-electron chi connectivity index (χ2n) is 6.34. The van der Waals surface area contributed by atoms with E-state index in [1.54, 1.807) is 18.3 Å². The zero-order chi connectivity index (χ0) is 18.5. The number of nitro groups is 1. The first kappa shape index (κ1) is 17.8. The summed E-state index contributed by atoms with van der Waals surface area (Å²) >= 11 is 0. The van der Waals surface area contributed by atoms with E-state index in [1.165, 1.54) is 6.07 Å². The molecule has 8 heteroatoms. The van der Waals surface area contributed by atoms with Gasteiger partial charge in [0.15, 0.2) is 0 Å². The van der Waals surface area contributed by atoms with Crippen molar-refractivity contribution in [2.45, 2.75) is 13.0 Å². The number of anilines is 1. The van der Waals surface area contributed by atoms with Crippen molar-refractivity contribution in [3.05, 3.63) is 64.0 Å². The van der Waals surface area contributed by atoms with Crippen molar-refractivity contribution in [2.75, 3.05) is 25.0 Å². The number of aromatic nitrogens is 1. The molecule has 2 aromatic rings. The molecule has 1 aromatic heterocycles. The van der Waals surface area contributed by atoms with Crippen LogP contribution in [-0.4, -0.2) is 35.4 Å². The summed E-state index contributed by atoms with van der Waals surface area (Å²) in [4.78, 5) is 27.4. The molecule has 0 bridgehead atoms. The molecular formula is C18H21N5O3. The van der Waals surface area contributed by atoms with Crippen molar-refractivity contribution in [1.82, 2.24) is 15.6 Å². The maximum absolute atomic E-state index is 12.2. The summed E-state index contributed by atoms with van der Waals surface area (Å²) in [7, 11) is 0. The van der Waals surface area contributed by atoms with Gasteiger partial charge in [0.1, 0.15) is 5.69 Å². The van der Waals surface area contributed by atoms with Gasteiger partial charge in [0.25, 0.3) is 11.6 Å². The van der Waals surface area contributed by atoms with E-state index >= 15 is 0 Å². The van der Waals surface area contributed by atoms with Crippen LogP contribution in [0.1, 0.15) is 29.0 Å². The Labute approximate surface area is 151 Å². The molecule has 1 unspecified atom stereocenters. The molecule has 0 spiro atoms. The van der Waals surface area contributed by atoms with Gasteiger partial charge >= 0.3 is 0 Å². The lowest BCUT2D eigenvalue weighted by molar-refractivity contribution is -0.384. The molecule has 0 saturated carbocycles. The Bertz CT molecular complexity index is 793. The van der Waals surface area contributed by atoms with E-state index in [-0.39, 0.29) is 23.2 Å². The van der Waals surface area contributed by atoms with Crippen molar-refractivity contribution in [3.8, 4) is 0 Å². The molecule has 136 valence electrons. The molecule has 0 radical (unpaired) electrons. The molecule has 2 heterocycles. The van der Waals surface area contributed by atoms with Gasteiger partial charge in [0.2, 0.25) is 0 Å². The number of pyridine rings is 1. The van der Waals surface area contributed by atoms with Crippen molar-refractivity contribution in [1.29, 1.82) is 0 Å². The van der Waals surface area contributed by atoms with Crippen LogP contribution in [0.2, 0.25) is 0 Å². The van der Waals surface area contributed by atoms with Crippen molar-refractivity contribution in [3.63, 3.8) is 0 Å². The fourth-order valence-corrected chi connectivity index (χ4v) is 2.72. The molecule has 1 aliphatic rings. The number of benzene rings is 1. The maximum Gasteiger partial charge on any atom is 0.293 e. The van der Waals surface area contributed by atoms with Gasteiger partial charge in [0.05, 0.1) is 16.7 Å². The van der Waals surface area contributed by atoms with Gasteiger partial charge in [-0.3, -0.25) is 19.9 Å². The minimum absolute atomic E-state index is 0.134. The number of hydrogen-bond acceptors (Lipinski definition) is 6. The normalized spacial score (nSPS) is 15.0. The van der Waals surface area contributed by atoms with Crippen LogP contribution in [0.25, 0.3) is 0 Å². The maximum atomic E-state index is 12.2.